The minimum atomic E-state index is -4.99. The van der Waals surface area contributed by atoms with Crippen molar-refractivity contribution >= 4 is 49.2 Å². The van der Waals surface area contributed by atoms with Crippen molar-refractivity contribution in [3.63, 3.8) is 0 Å². The standard InChI is InChI=1S/C33H31F5N8O2S/c1-3-24(47)45-10-7-18(15-45)44(2)30-26-23(41-31(43-30)48-16-32-8-4-9-46(32)14-17(34)12-32)11-20(28(42-26)33(36,37)38)19-5-6-22(35)27-25(19)21(13-39)29(40)49-27/h3,5-6,11,17-18H,1,4,7-10,12,14-16,40H2,2H3/t17-,18-,32+/m1/s1. The van der Waals surface area contributed by atoms with Crippen LogP contribution in [0.2, 0.25) is 0 Å². The van der Waals surface area contributed by atoms with Crippen LogP contribution >= 0.6 is 11.3 Å². The van der Waals surface area contributed by atoms with E-state index in [0.29, 0.717) is 19.5 Å². The van der Waals surface area contributed by atoms with Crippen molar-refractivity contribution in [2.24, 2.45) is 0 Å². The van der Waals surface area contributed by atoms with Crippen LogP contribution in [0.15, 0.2) is 30.9 Å². The van der Waals surface area contributed by atoms with E-state index in [-0.39, 0.29) is 80.6 Å². The third kappa shape index (κ3) is 5.58. The Kier molecular flexibility index (Phi) is 8.10. The number of ether oxygens (including phenoxy) is 1. The molecule has 3 fully saturated rings. The maximum Gasteiger partial charge on any atom is 0.433 e. The Bertz CT molecular complexity index is 2050. The summed E-state index contributed by atoms with van der Waals surface area (Å²) in [4.78, 5) is 30.8. The van der Waals surface area contributed by atoms with Gasteiger partial charge >= 0.3 is 12.2 Å². The smallest absolute Gasteiger partial charge is 0.433 e. The molecule has 0 spiro atoms. The summed E-state index contributed by atoms with van der Waals surface area (Å²) < 4.78 is 80.1. The number of carbonyl (C=O) groups excluding carboxylic acids is 1. The number of amides is 1. The van der Waals surface area contributed by atoms with Gasteiger partial charge in [0, 0.05) is 50.1 Å². The number of hydrogen-bond donors (Lipinski definition) is 1. The summed E-state index contributed by atoms with van der Waals surface area (Å²) in [5.74, 6) is -0.953. The van der Waals surface area contributed by atoms with Crippen LogP contribution in [0.3, 0.4) is 0 Å². The zero-order chi connectivity index (χ0) is 34.8. The third-order valence-electron chi connectivity index (χ3n) is 9.88. The molecule has 2 N–H and O–H groups in total. The van der Waals surface area contributed by atoms with Crippen LogP contribution in [0.5, 0.6) is 6.01 Å². The number of hydrogen-bond acceptors (Lipinski definition) is 10. The summed E-state index contributed by atoms with van der Waals surface area (Å²) in [6.45, 7) is 5.32. The van der Waals surface area contributed by atoms with Gasteiger partial charge in [-0.3, -0.25) is 9.69 Å². The number of carbonyl (C=O) groups is 1. The highest BCUT2D eigenvalue weighted by Crippen LogP contribution is 2.46. The Morgan fingerprint density at radius 3 is 2.80 bits per heavy atom. The van der Waals surface area contributed by atoms with Crippen molar-refractivity contribution in [1.29, 1.82) is 5.26 Å². The van der Waals surface area contributed by atoms with Crippen LogP contribution < -0.4 is 15.4 Å². The fraction of sp³-hybridized carbons (Fsp3) is 0.424. The van der Waals surface area contributed by atoms with E-state index in [9.17, 15) is 32.0 Å². The molecule has 4 aromatic rings. The highest BCUT2D eigenvalue weighted by Gasteiger charge is 2.49. The second-order valence-electron chi connectivity index (χ2n) is 12.7. The molecule has 0 bridgehead atoms. The molecule has 1 amide bonds. The maximum absolute atomic E-state index is 14.9. The van der Waals surface area contributed by atoms with Gasteiger partial charge in [0.05, 0.1) is 21.3 Å². The van der Waals surface area contributed by atoms with Gasteiger partial charge < -0.3 is 20.3 Å². The zero-order valence-electron chi connectivity index (χ0n) is 26.4. The van der Waals surface area contributed by atoms with Gasteiger partial charge in [0.2, 0.25) is 5.91 Å². The molecule has 0 radical (unpaired) electrons. The van der Waals surface area contributed by atoms with Crippen molar-refractivity contribution in [1.82, 2.24) is 24.8 Å². The number of anilines is 2. The first-order valence-corrected chi connectivity index (χ1v) is 16.5. The molecular formula is C33H31F5N8O2S. The topological polar surface area (TPSA) is 125 Å². The predicted molar refractivity (Wildman–Crippen MR) is 174 cm³/mol. The van der Waals surface area contributed by atoms with Gasteiger partial charge in [-0.05, 0) is 49.6 Å². The number of alkyl halides is 4. The number of fused-ring (bicyclic) bond motifs is 3. The van der Waals surface area contributed by atoms with Crippen molar-refractivity contribution < 1.29 is 31.5 Å². The number of nitrogens with two attached hydrogens (primary N) is 1. The highest BCUT2D eigenvalue weighted by molar-refractivity contribution is 7.23. The number of rotatable bonds is 7. The van der Waals surface area contributed by atoms with E-state index in [2.05, 4.69) is 26.4 Å². The fourth-order valence-corrected chi connectivity index (χ4v) is 8.44. The molecule has 0 unspecified atom stereocenters. The SMILES string of the molecule is C=CC(=O)N1CC[C@@H](N(C)c2nc(OC[C@@]34CCCN3C[C@H](F)C4)nc3cc(-c4ccc(F)c5sc(N)c(C#N)c45)c(C(F)(F)F)nc23)C1. The molecule has 10 nitrogen and oxygen atoms in total. The van der Waals surface area contributed by atoms with Gasteiger partial charge in [0.25, 0.3) is 0 Å². The summed E-state index contributed by atoms with van der Waals surface area (Å²) in [6.07, 6.45) is -2.40. The van der Waals surface area contributed by atoms with Crippen LogP contribution in [-0.4, -0.2) is 88.2 Å². The Morgan fingerprint density at radius 1 is 1.27 bits per heavy atom. The molecule has 3 aromatic heterocycles. The predicted octanol–water partition coefficient (Wildman–Crippen LogP) is 5.70. The van der Waals surface area contributed by atoms with E-state index in [0.717, 1.165) is 36.8 Å². The quantitative estimate of drug-likeness (QED) is 0.191. The number of nitrogen functional groups attached to an aromatic ring is 1. The molecule has 3 aliphatic rings. The monoisotopic (exact) mass is 698 g/mol. The van der Waals surface area contributed by atoms with E-state index in [1.165, 1.54) is 18.2 Å². The largest absolute Gasteiger partial charge is 0.461 e. The van der Waals surface area contributed by atoms with E-state index in [1.807, 2.05) is 6.07 Å². The summed E-state index contributed by atoms with van der Waals surface area (Å²) in [7, 11) is 1.65. The molecule has 6 heterocycles. The van der Waals surface area contributed by atoms with E-state index >= 15 is 0 Å². The number of aromatic nitrogens is 3. The fourth-order valence-electron chi connectivity index (χ4n) is 7.49. The molecule has 3 saturated heterocycles. The van der Waals surface area contributed by atoms with Crippen molar-refractivity contribution in [3.05, 3.63) is 47.9 Å². The van der Waals surface area contributed by atoms with Gasteiger partial charge in [-0.1, -0.05) is 12.6 Å². The molecule has 256 valence electrons. The van der Waals surface area contributed by atoms with Crippen LogP contribution in [0, 0.1) is 17.1 Å². The van der Waals surface area contributed by atoms with Gasteiger partial charge in [-0.15, -0.1) is 11.3 Å². The first-order chi connectivity index (χ1) is 23.3. The molecule has 3 aliphatic heterocycles. The number of pyridine rings is 1. The van der Waals surface area contributed by atoms with Crippen molar-refractivity contribution in [3.8, 4) is 23.2 Å². The van der Waals surface area contributed by atoms with Crippen molar-refractivity contribution in [2.45, 2.75) is 49.6 Å². The Morgan fingerprint density at radius 2 is 2.06 bits per heavy atom. The number of halogens is 5. The molecule has 7 rings (SSSR count). The highest BCUT2D eigenvalue weighted by atomic mass is 32.1. The lowest BCUT2D eigenvalue weighted by molar-refractivity contribution is -0.140. The van der Waals surface area contributed by atoms with Crippen LogP contribution in [0.25, 0.3) is 32.2 Å². The van der Waals surface area contributed by atoms with Crippen molar-refractivity contribution in [2.75, 3.05) is 50.5 Å². The Labute approximate surface area is 281 Å². The molecule has 3 atom stereocenters. The number of likely N-dealkylation sites (N-methyl/N-ethyl adjacent to an activating group) is 1. The number of benzene rings is 1. The van der Waals surface area contributed by atoms with Crippen LogP contribution in [0.1, 0.15) is 36.9 Å². The lowest BCUT2D eigenvalue weighted by Crippen LogP contribution is -2.43. The molecule has 1 aromatic carbocycles. The minimum Gasteiger partial charge on any atom is -0.461 e. The molecule has 0 aliphatic carbocycles. The summed E-state index contributed by atoms with van der Waals surface area (Å²) >= 11 is 0.770. The molecule has 0 saturated carbocycles. The van der Waals surface area contributed by atoms with Crippen LogP contribution in [-0.2, 0) is 11.0 Å². The van der Waals surface area contributed by atoms with Gasteiger partial charge in [0.15, 0.2) is 11.5 Å². The average Bonchev–Trinajstić information content (AvgIpc) is 3.84. The number of nitrogens with zero attached hydrogens (tertiary/aromatic N) is 7. The molecule has 49 heavy (non-hydrogen) atoms. The molecular weight excluding hydrogens is 667 g/mol. The first kappa shape index (κ1) is 32.9. The van der Waals surface area contributed by atoms with Crippen LogP contribution in [0.4, 0.5) is 32.8 Å². The minimum absolute atomic E-state index is 0.00150. The maximum atomic E-state index is 14.9. The van der Waals surface area contributed by atoms with Gasteiger partial charge in [-0.2, -0.15) is 28.4 Å². The first-order valence-electron chi connectivity index (χ1n) is 15.7. The summed E-state index contributed by atoms with van der Waals surface area (Å²) in [6, 6.07) is 4.81. The Hall–Kier alpha value is -4.62. The number of nitriles is 1. The molecule has 16 heteroatoms. The lowest BCUT2D eigenvalue weighted by Gasteiger charge is -2.31. The summed E-state index contributed by atoms with van der Waals surface area (Å²) in [5, 5.41) is 9.73. The van der Waals surface area contributed by atoms with E-state index in [1.54, 1.807) is 16.8 Å². The second-order valence-corrected chi connectivity index (χ2v) is 13.8. The lowest BCUT2D eigenvalue weighted by atomic mass is 9.95. The van der Waals surface area contributed by atoms with Gasteiger partial charge in [0.1, 0.15) is 35.2 Å². The summed E-state index contributed by atoms with van der Waals surface area (Å²) in [5.41, 5.74) is 3.32. The second kappa shape index (κ2) is 12.1. The Balaban J connectivity index is 1.40. The normalized spacial score (nSPS) is 22.5. The van der Waals surface area contributed by atoms with E-state index < -0.39 is 35.0 Å². The average molecular weight is 699 g/mol. The van der Waals surface area contributed by atoms with Gasteiger partial charge in [-0.25, -0.2) is 13.8 Å². The van der Waals surface area contributed by atoms with E-state index in [4.69, 9.17) is 10.5 Å². The zero-order valence-corrected chi connectivity index (χ0v) is 27.2. The third-order valence-corrected chi connectivity index (χ3v) is 10.9. The number of likely N-dealkylation sites (tertiary alicyclic amines) is 1. The number of thiophene rings is 1.